The van der Waals surface area contributed by atoms with E-state index in [0.29, 0.717) is 6.54 Å². The number of hydrogen-bond acceptors (Lipinski definition) is 2. The molecule has 0 bridgehead atoms. The normalized spacial score (nSPS) is 21.1. The van der Waals surface area contributed by atoms with Crippen LogP contribution < -0.4 is 10.6 Å². The van der Waals surface area contributed by atoms with E-state index < -0.39 is 5.60 Å². The fourth-order valence-electron chi connectivity index (χ4n) is 3.97. The maximum atomic E-state index is 10.3. The molecule has 2 fully saturated rings. The van der Waals surface area contributed by atoms with Gasteiger partial charge >= 0.3 is 0 Å². The van der Waals surface area contributed by atoms with E-state index in [-0.39, 0.29) is 29.4 Å². The largest absolute Gasteiger partial charge is 0.388 e. The standard InChI is InChI=1S/C20H31N3O.HI/c1-2-21-18(23-16-20(24)13-8-14-20)22-15-19(11-6-7-12-19)17-9-4-3-5-10-17;/h3-5,9-10,24H,2,6-8,11-16H2,1H3,(H2,21,22,23);1H. The molecule has 5 heteroatoms. The summed E-state index contributed by atoms with van der Waals surface area (Å²) in [6.07, 6.45) is 7.93. The third-order valence-electron chi connectivity index (χ3n) is 5.70. The lowest BCUT2D eigenvalue weighted by atomic mass is 9.79. The van der Waals surface area contributed by atoms with Crippen molar-refractivity contribution in [3.05, 3.63) is 35.9 Å². The Hall–Kier alpha value is -0.820. The highest BCUT2D eigenvalue weighted by Crippen LogP contribution is 2.40. The third-order valence-corrected chi connectivity index (χ3v) is 5.70. The summed E-state index contributed by atoms with van der Waals surface area (Å²) in [4.78, 5) is 4.64. The maximum Gasteiger partial charge on any atom is 0.191 e. The molecule has 0 atom stereocenters. The van der Waals surface area contributed by atoms with E-state index in [1.807, 2.05) is 0 Å². The molecule has 3 N–H and O–H groups in total. The molecule has 1 aromatic carbocycles. The predicted octanol–water partition coefficient (Wildman–Crippen LogP) is 3.59. The van der Waals surface area contributed by atoms with Crippen molar-refractivity contribution in [1.82, 2.24) is 10.6 Å². The van der Waals surface area contributed by atoms with Crippen LogP contribution in [-0.4, -0.2) is 36.3 Å². The predicted molar refractivity (Wildman–Crippen MR) is 115 cm³/mol. The van der Waals surface area contributed by atoms with Crippen LogP contribution >= 0.6 is 24.0 Å². The van der Waals surface area contributed by atoms with Crippen molar-refractivity contribution in [2.75, 3.05) is 19.6 Å². The van der Waals surface area contributed by atoms with Crippen LogP contribution in [0.4, 0.5) is 0 Å². The second kappa shape index (κ2) is 9.21. The lowest BCUT2D eigenvalue weighted by Gasteiger charge is -2.35. The summed E-state index contributed by atoms with van der Waals surface area (Å²) in [6, 6.07) is 10.9. The lowest BCUT2D eigenvalue weighted by molar-refractivity contribution is -0.0236. The Balaban J connectivity index is 0.00000225. The van der Waals surface area contributed by atoms with Gasteiger partial charge in [-0.2, -0.15) is 0 Å². The lowest BCUT2D eigenvalue weighted by Crippen LogP contribution is -2.46. The van der Waals surface area contributed by atoms with E-state index in [1.54, 1.807) is 0 Å². The van der Waals surface area contributed by atoms with E-state index in [2.05, 4.69) is 52.9 Å². The van der Waals surface area contributed by atoms with Gasteiger partial charge in [-0.25, -0.2) is 0 Å². The molecule has 2 aliphatic carbocycles. The zero-order valence-corrected chi connectivity index (χ0v) is 17.6. The Morgan fingerprint density at radius 1 is 1.04 bits per heavy atom. The molecule has 3 rings (SSSR count). The van der Waals surface area contributed by atoms with Crippen molar-refractivity contribution >= 4 is 29.9 Å². The molecule has 140 valence electrons. The number of halogens is 1. The molecule has 2 saturated carbocycles. The molecule has 0 spiro atoms. The van der Waals surface area contributed by atoms with E-state index >= 15 is 0 Å². The Kier molecular flexibility index (Phi) is 7.55. The highest BCUT2D eigenvalue weighted by molar-refractivity contribution is 14.0. The van der Waals surface area contributed by atoms with Crippen LogP contribution in [0.1, 0.15) is 57.4 Å². The topological polar surface area (TPSA) is 56.7 Å². The summed E-state index contributed by atoms with van der Waals surface area (Å²) in [5, 5.41) is 17.1. The number of aliphatic hydroxyl groups is 1. The Labute approximate surface area is 168 Å². The van der Waals surface area contributed by atoms with Gasteiger partial charge in [-0.05, 0) is 44.6 Å². The molecular weight excluding hydrogens is 425 g/mol. The van der Waals surface area contributed by atoms with Gasteiger partial charge in [0, 0.05) is 18.5 Å². The monoisotopic (exact) mass is 457 g/mol. The van der Waals surface area contributed by atoms with E-state index in [1.165, 1.54) is 31.2 Å². The van der Waals surface area contributed by atoms with Crippen LogP contribution in [0.5, 0.6) is 0 Å². The summed E-state index contributed by atoms with van der Waals surface area (Å²) < 4.78 is 0. The number of benzene rings is 1. The summed E-state index contributed by atoms with van der Waals surface area (Å²) >= 11 is 0. The maximum absolute atomic E-state index is 10.3. The average molecular weight is 457 g/mol. The molecule has 0 aromatic heterocycles. The first-order valence-corrected chi connectivity index (χ1v) is 9.46. The number of hydrogen-bond donors (Lipinski definition) is 3. The molecule has 25 heavy (non-hydrogen) atoms. The first kappa shape index (κ1) is 20.5. The van der Waals surface area contributed by atoms with Crippen molar-refractivity contribution < 1.29 is 5.11 Å². The number of rotatable bonds is 6. The van der Waals surface area contributed by atoms with Gasteiger partial charge in [-0.3, -0.25) is 4.99 Å². The first-order chi connectivity index (χ1) is 11.7. The molecule has 1 aromatic rings. The van der Waals surface area contributed by atoms with E-state index in [0.717, 1.165) is 38.3 Å². The number of guanidine groups is 1. The Morgan fingerprint density at radius 3 is 2.28 bits per heavy atom. The molecule has 0 radical (unpaired) electrons. The Bertz CT molecular complexity index is 551. The minimum Gasteiger partial charge on any atom is -0.388 e. The number of nitrogens with zero attached hydrogens (tertiary/aromatic N) is 1. The van der Waals surface area contributed by atoms with Gasteiger partial charge in [-0.15, -0.1) is 24.0 Å². The molecule has 4 nitrogen and oxygen atoms in total. The zero-order valence-electron chi connectivity index (χ0n) is 15.3. The number of nitrogens with one attached hydrogen (secondary N) is 2. The minimum atomic E-state index is -0.563. The van der Waals surface area contributed by atoms with Gasteiger partial charge in [0.05, 0.1) is 12.1 Å². The van der Waals surface area contributed by atoms with Crippen molar-refractivity contribution in [1.29, 1.82) is 0 Å². The fraction of sp³-hybridized carbons (Fsp3) is 0.650. The van der Waals surface area contributed by atoms with E-state index in [9.17, 15) is 5.11 Å². The van der Waals surface area contributed by atoms with Crippen molar-refractivity contribution in [2.45, 2.75) is 62.9 Å². The molecule has 0 heterocycles. The van der Waals surface area contributed by atoms with Crippen LogP contribution in [0.3, 0.4) is 0 Å². The van der Waals surface area contributed by atoms with Gasteiger partial charge in [0.15, 0.2) is 5.96 Å². The summed E-state index contributed by atoms with van der Waals surface area (Å²) in [6.45, 7) is 4.32. The molecule has 0 saturated heterocycles. The zero-order chi connectivity index (χ0) is 16.9. The fourth-order valence-corrected chi connectivity index (χ4v) is 3.97. The average Bonchev–Trinajstić information content (AvgIpc) is 3.07. The van der Waals surface area contributed by atoms with Gasteiger partial charge in [0.25, 0.3) is 0 Å². The van der Waals surface area contributed by atoms with Crippen LogP contribution in [0.15, 0.2) is 35.3 Å². The second-order valence-corrected chi connectivity index (χ2v) is 7.48. The van der Waals surface area contributed by atoms with Crippen LogP contribution in [-0.2, 0) is 5.41 Å². The van der Waals surface area contributed by atoms with Gasteiger partial charge < -0.3 is 15.7 Å². The van der Waals surface area contributed by atoms with Crippen LogP contribution in [0.2, 0.25) is 0 Å². The third kappa shape index (κ3) is 5.09. The highest BCUT2D eigenvalue weighted by atomic mass is 127. The molecule has 0 aliphatic heterocycles. The molecular formula is C20H32IN3O. The van der Waals surface area contributed by atoms with Crippen LogP contribution in [0, 0.1) is 0 Å². The van der Waals surface area contributed by atoms with E-state index in [4.69, 9.17) is 0 Å². The quantitative estimate of drug-likeness (QED) is 0.348. The van der Waals surface area contributed by atoms with Gasteiger partial charge in [0.1, 0.15) is 0 Å². The summed E-state index contributed by atoms with van der Waals surface area (Å²) in [7, 11) is 0. The Morgan fingerprint density at radius 2 is 1.72 bits per heavy atom. The SMILES string of the molecule is CCNC(=NCC1(O)CCC1)NCC1(c2ccccc2)CCCC1.I. The highest BCUT2D eigenvalue weighted by Gasteiger charge is 2.36. The molecule has 0 unspecified atom stereocenters. The first-order valence-electron chi connectivity index (χ1n) is 9.46. The second-order valence-electron chi connectivity index (χ2n) is 7.48. The summed E-state index contributed by atoms with van der Waals surface area (Å²) in [5.74, 6) is 0.833. The van der Waals surface area contributed by atoms with Crippen molar-refractivity contribution in [3.63, 3.8) is 0 Å². The molecule has 0 amide bonds. The minimum absolute atomic E-state index is 0. The molecule has 2 aliphatic rings. The van der Waals surface area contributed by atoms with Crippen LogP contribution in [0.25, 0.3) is 0 Å². The van der Waals surface area contributed by atoms with Crippen molar-refractivity contribution in [2.24, 2.45) is 4.99 Å². The number of aliphatic imine (C=N–C) groups is 1. The smallest absolute Gasteiger partial charge is 0.191 e. The summed E-state index contributed by atoms with van der Waals surface area (Å²) in [5.41, 5.74) is 1.08. The van der Waals surface area contributed by atoms with Gasteiger partial charge in [0.2, 0.25) is 0 Å². The van der Waals surface area contributed by atoms with Gasteiger partial charge in [-0.1, -0.05) is 43.2 Å². The van der Waals surface area contributed by atoms with Crippen molar-refractivity contribution in [3.8, 4) is 0 Å².